The van der Waals surface area contributed by atoms with Crippen molar-refractivity contribution in [2.24, 2.45) is 0 Å². The fourth-order valence-corrected chi connectivity index (χ4v) is 2.09. The molecule has 0 unspecified atom stereocenters. The Balaban J connectivity index is 1.96. The van der Waals surface area contributed by atoms with Crippen LogP contribution < -0.4 is 4.90 Å². The highest BCUT2D eigenvalue weighted by Crippen LogP contribution is 2.17. The Labute approximate surface area is 103 Å². The molecule has 6 heteroatoms. The van der Waals surface area contributed by atoms with Gasteiger partial charge in [-0.15, -0.1) is 0 Å². The van der Waals surface area contributed by atoms with Crippen molar-refractivity contribution in [2.45, 2.75) is 0 Å². The highest BCUT2D eigenvalue weighted by Gasteiger charge is 2.13. The summed E-state index contributed by atoms with van der Waals surface area (Å²) >= 11 is 0. The summed E-state index contributed by atoms with van der Waals surface area (Å²) in [5, 5.41) is 8.90. The zero-order valence-corrected chi connectivity index (χ0v) is 9.74. The number of hydrogen-bond acceptors (Lipinski definition) is 4. The van der Waals surface area contributed by atoms with E-state index in [1.165, 1.54) is 6.20 Å². The number of carboxylic acids is 1. The van der Waals surface area contributed by atoms with Crippen molar-refractivity contribution < 1.29 is 14.6 Å². The summed E-state index contributed by atoms with van der Waals surface area (Å²) in [5.41, 5.74) is 1.76. The van der Waals surface area contributed by atoms with Crippen molar-refractivity contribution in [1.82, 2.24) is 9.38 Å². The van der Waals surface area contributed by atoms with E-state index in [-0.39, 0.29) is 5.69 Å². The Bertz CT molecular complexity index is 587. The van der Waals surface area contributed by atoms with Crippen LogP contribution in [0.2, 0.25) is 0 Å². The van der Waals surface area contributed by atoms with Crippen molar-refractivity contribution >= 4 is 17.3 Å². The van der Waals surface area contributed by atoms with Crippen molar-refractivity contribution in [3.8, 4) is 0 Å². The molecule has 2 aromatic rings. The lowest BCUT2D eigenvalue weighted by molar-refractivity contribution is 0.0691. The third-order valence-electron chi connectivity index (χ3n) is 3.03. The number of carbonyl (C=O) groups is 1. The van der Waals surface area contributed by atoms with Crippen LogP contribution in [0.4, 0.5) is 5.69 Å². The summed E-state index contributed by atoms with van der Waals surface area (Å²) in [4.78, 5) is 17.1. The topological polar surface area (TPSA) is 67.1 Å². The van der Waals surface area contributed by atoms with E-state index in [2.05, 4.69) is 9.88 Å². The number of rotatable bonds is 2. The van der Waals surface area contributed by atoms with Crippen molar-refractivity contribution in [1.29, 1.82) is 0 Å². The molecule has 0 aromatic carbocycles. The van der Waals surface area contributed by atoms with Gasteiger partial charge >= 0.3 is 5.97 Å². The second kappa shape index (κ2) is 4.30. The molecule has 0 saturated carbocycles. The van der Waals surface area contributed by atoms with Gasteiger partial charge in [0, 0.05) is 25.5 Å². The predicted octanol–water partition coefficient (Wildman–Crippen LogP) is 0.869. The maximum Gasteiger partial charge on any atom is 0.356 e. The van der Waals surface area contributed by atoms with Crippen LogP contribution in [-0.4, -0.2) is 46.8 Å². The predicted molar refractivity (Wildman–Crippen MR) is 65.2 cm³/mol. The summed E-state index contributed by atoms with van der Waals surface area (Å²) < 4.78 is 7.05. The van der Waals surface area contributed by atoms with Crippen molar-refractivity contribution in [3.63, 3.8) is 0 Å². The first-order valence-electron chi connectivity index (χ1n) is 5.79. The molecule has 1 fully saturated rings. The second-order valence-corrected chi connectivity index (χ2v) is 4.18. The van der Waals surface area contributed by atoms with E-state index >= 15 is 0 Å². The molecule has 0 amide bonds. The molecular weight excluding hydrogens is 234 g/mol. The molecule has 6 nitrogen and oxygen atoms in total. The van der Waals surface area contributed by atoms with Gasteiger partial charge in [0.2, 0.25) is 0 Å². The van der Waals surface area contributed by atoms with E-state index in [0.29, 0.717) is 5.65 Å². The van der Waals surface area contributed by atoms with Gasteiger partial charge in [0.15, 0.2) is 5.69 Å². The lowest BCUT2D eigenvalue weighted by atomic mass is 10.3. The molecule has 3 rings (SSSR count). The van der Waals surface area contributed by atoms with Gasteiger partial charge in [0.25, 0.3) is 0 Å². The van der Waals surface area contributed by atoms with E-state index in [1.807, 2.05) is 18.3 Å². The molecule has 1 aliphatic rings. The fraction of sp³-hybridized carbons (Fsp3) is 0.333. The van der Waals surface area contributed by atoms with E-state index < -0.39 is 5.97 Å². The number of nitrogens with zero attached hydrogens (tertiary/aromatic N) is 3. The van der Waals surface area contributed by atoms with Crippen LogP contribution in [0.3, 0.4) is 0 Å². The molecule has 3 heterocycles. The molecule has 94 valence electrons. The summed E-state index contributed by atoms with van der Waals surface area (Å²) in [6.45, 7) is 3.16. The van der Waals surface area contributed by atoms with Crippen LogP contribution in [0.5, 0.6) is 0 Å². The molecule has 18 heavy (non-hydrogen) atoms. The Morgan fingerprint density at radius 3 is 2.78 bits per heavy atom. The number of anilines is 1. The first-order valence-corrected chi connectivity index (χ1v) is 5.79. The minimum absolute atomic E-state index is 0.0640. The number of aromatic nitrogens is 2. The normalized spacial score (nSPS) is 16.1. The van der Waals surface area contributed by atoms with E-state index in [1.54, 1.807) is 4.40 Å². The maximum absolute atomic E-state index is 10.9. The number of imidazole rings is 1. The SMILES string of the molecule is O=C(O)c1cn2cc(N3CCOCC3)ccc2n1. The van der Waals surface area contributed by atoms with Crippen molar-refractivity contribution in [2.75, 3.05) is 31.2 Å². The molecule has 0 spiro atoms. The number of ether oxygens (including phenoxy) is 1. The van der Waals surface area contributed by atoms with E-state index in [0.717, 1.165) is 32.0 Å². The van der Waals surface area contributed by atoms with Crippen LogP contribution in [0.15, 0.2) is 24.5 Å². The average Bonchev–Trinajstić information content (AvgIpc) is 2.82. The third kappa shape index (κ3) is 1.91. The maximum atomic E-state index is 10.9. The highest BCUT2D eigenvalue weighted by molar-refractivity contribution is 5.86. The Hall–Kier alpha value is -2.08. The quantitative estimate of drug-likeness (QED) is 0.852. The minimum atomic E-state index is -1.01. The lowest BCUT2D eigenvalue weighted by Crippen LogP contribution is -2.36. The summed E-state index contributed by atoms with van der Waals surface area (Å²) in [7, 11) is 0. The van der Waals surface area contributed by atoms with Crippen molar-refractivity contribution in [3.05, 3.63) is 30.2 Å². The fourth-order valence-electron chi connectivity index (χ4n) is 2.09. The van der Waals surface area contributed by atoms with Crippen LogP contribution in [0.1, 0.15) is 10.5 Å². The van der Waals surface area contributed by atoms with Gasteiger partial charge in [-0.25, -0.2) is 9.78 Å². The summed E-state index contributed by atoms with van der Waals surface area (Å²) in [5.74, 6) is -1.01. The first-order chi connectivity index (χ1) is 8.74. The molecule has 1 saturated heterocycles. The number of pyridine rings is 1. The molecule has 0 aliphatic carbocycles. The number of morpholine rings is 1. The first kappa shape index (κ1) is 11.0. The number of carboxylic acid groups (broad SMARTS) is 1. The molecule has 1 N–H and O–H groups in total. The Kier molecular flexibility index (Phi) is 2.64. The van der Waals surface area contributed by atoms with E-state index in [4.69, 9.17) is 9.84 Å². The van der Waals surface area contributed by atoms with Crippen LogP contribution in [0.25, 0.3) is 5.65 Å². The largest absolute Gasteiger partial charge is 0.476 e. The molecule has 1 aliphatic heterocycles. The number of hydrogen-bond donors (Lipinski definition) is 1. The monoisotopic (exact) mass is 247 g/mol. The standard InChI is InChI=1S/C12H13N3O3/c16-12(17)10-8-15-7-9(1-2-11(15)13-10)14-3-5-18-6-4-14/h1-2,7-8H,3-6H2,(H,16,17). The van der Waals surface area contributed by atoms with Crippen LogP contribution >= 0.6 is 0 Å². The zero-order chi connectivity index (χ0) is 12.5. The second-order valence-electron chi connectivity index (χ2n) is 4.18. The van der Waals surface area contributed by atoms with E-state index in [9.17, 15) is 4.79 Å². The Morgan fingerprint density at radius 2 is 2.06 bits per heavy atom. The third-order valence-corrected chi connectivity index (χ3v) is 3.03. The number of fused-ring (bicyclic) bond motifs is 1. The van der Waals surface area contributed by atoms with Gasteiger partial charge in [0.1, 0.15) is 5.65 Å². The lowest BCUT2D eigenvalue weighted by Gasteiger charge is -2.28. The molecular formula is C12H13N3O3. The molecule has 2 aromatic heterocycles. The van der Waals surface area contributed by atoms with Gasteiger partial charge in [-0.1, -0.05) is 0 Å². The molecule has 0 atom stereocenters. The average molecular weight is 247 g/mol. The highest BCUT2D eigenvalue weighted by atomic mass is 16.5. The van der Waals surface area contributed by atoms with Gasteiger partial charge < -0.3 is 19.1 Å². The molecule has 0 radical (unpaired) electrons. The molecule has 0 bridgehead atoms. The number of aromatic carboxylic acids is 1. The Morgan fingerprint density at radius 1 is 1.28 bits per heavy atom. The van der Waals surface area contributed by atoms with Gasteiger partial charge in [-0.2, -0.15) is 0 Å². The zero-order valence-electron chi connectivity index (χ0n) is 9.74. The van der Waals surface area contributed by atoms with Gasteiger partial charge in [-0.3, -0.25) is 0 Å². The van der Waals surface area contributed by atoms with Gasteiger partial charge in [0.05, 0.1) is 18.9 Å². The van der Waals surface area contributed by atoms with Crippen LogP contribution in [-0.2, 0) is 4.74 Å². The van der Waals surface area contributed by atoms with Crippen LogP contribution in [0, 0.1) is 0 Å². The smallest absolute Gasteiger partial charge is 0.356 e. The minimum Gasteiger partial charge on any atom is -0.476 e. The summed E-state index contributed by atoms with van der Waals surface area (Å²) in [6.07, 6.45) is 3.43. The van der Waals surface area contributed by atoms with Gasteiger partial charge in [-0.05, 0) is 12.1 Å². The summed E-state index contributed by atoms with van der Waals surface area (Å²) in [6, 6.07) is 3.79.